The van der Waals surface area contributed by atoms with Crippen LogP contribution in [0, 0.1) is 5.82 Å². The third-order valence-electron chi connectivity index (χ3n) is 3.04. The van der Waals surface area contributed by atoms with E-state index >= 15 is 0 Å². The van der Waals surface area contributed by atoms with Gasteiger partial charge in [-0.1, -0.05) is 0 Å². The van der Waals surface area contributed by atoms with Crippen molar-refractivity contribution in [3.05, 3.63) is 24.0 Å². The summed E-state index contributed by atoms with van der Waals surface area (Å²) in [5.74, 6) is -0.0210. The SMILES string of the molecule is COc1cc(N2CCC(N)CC2)ccc1F. The maximum Gasteiger partial charge on any atom is 0.165 e. The first kappa shape index (κ1) is 11.2. The summed E-state index contributed by atoms with van der Waals surface area (Å²) < 4.78 is 18.2. The van der Waals surface area contributed by atoms with Crippen LogP contribution in [-0.4, -0.2) is 26.2 Å². The summed E-state index contributed by atoms with van der Waals surface area (Å²) in [6.45, 7) is 1.85. The molecule has 1 aliphatic heterocycles. The Morgan fingerprint density at radius 2 is 2.06 bits per heavy atom. The number of hydrogen-bond donors (Lipinski definition) is 1. The van der Waals surface area contributed by atoms with Gasteiger partial charge < -0.3 is 15.4 Å². The van der Waals surface area contributed by atoms with Gasteiger partial charge in [-0.3, -0.25) is 0 Å². The fourth-order valence-corrected chi connectivity index (χ4v) is 2.00. The Balaban J connectivity index is 2.14. The zero-order valence-electron chi connectivity index (χ0n) is 9.45. The van der Waals surface area contributed by atoms with E-state index in [1.54, 1.807) is 12.1 Å². The van der Waals surface area contributed by atoms with Crippen molar-refractivity contribution in [3.8, 4) is 5.75 Å². The molecule has 1 saturated heterocycles. The predicted octanol–water partition coefficient (Wildman–Crippen LogP) is 1.76. The van der Waals surface area contributed by atoms with Crippen molar-refractivity contribution in [1.82, 2.24) is 0 Å². The van der Waals surface area contributed by atoms with E-state index in [2.05, 4.69) is 4.90 Å². The van der Waals surface area contributed by atoms with E-state index in [-0.39, 0.29) is 5.82 Å². The third kappa shape index (κ3) is 2.27. The zero-order valence-corrected chi connectivity index (χ0v) is 9.45. The molecule has 88 valence electrons. The molecule has 1 fully saturated rings. The van der Waals surface area contributed by atoms with Gasteiger partial charge in [-0.15, -0.1) is 0 Å². The molecule has 16 heavy (non-hydrogen) atoms. The van der Waals surface area contributed by atoms with Crippen molar-refractivity contribution >= 4 is 5.69 Å². The van der Waals surface area contributed by atoms with E-state index in [0.717, 1.165) is 31.6 Å². The lowest BCUT2D eigenvalue weighted by Crippen LogP contribution is -2.39. The summed E-state index contributed by atoms with van der Waals surface area (Å²) in [5, 5.41) is 0. The van der Waals surface area contributed by atoms with Gasteiger partial charge in [-0.05, 0) is 25.0 Å². The number of anilines is 1. The van der Waals surface area contributed by atoms with E-state index < -0.39 is 0 Å². The van der Waals surface area contributed by atoms with Crippen LogP contribution >= 0.6 is 0 Å². The summed E-state index contributed by atoms with van der Waals surface area (Å²) in [6, 6.07) is 5.28. The Morgan fingerprint density at radius 3 is 2.69 bits per heavy atom. The average molecular weight is 224 g/mol. The first-order valence-electron chi connectivity index (χ1n) is 5.55. The van der Waals surface area contributed by atoms with Crippen LogP contribution in [0.25, 0.3) is 0 Å². The Morgan fingerprint density at radius 1 is 1.38 bits per heavy atom. The molecule has 0 saturated carbocycles. The van der Waals surface area contributed by atoms with Gasteiger partial charge in [-0.25, -0.2) is 4.39 Å². The standard InChI is InChI=1S/C12H17FN2O/c1-16-12-8-10(2-3-11(12)13)15-6-4-9(14)5-7-15/h2-3,8-9H,4-7,14H2,1H3. The van der Waals surface area contributed by atoms with Crippen LogP contribution in [0.15, 0.2) is 18.2 Å². The summed E-state index contributed by atoms with van der Waals surface area (Å²) in [5.41, 5.74) is 6.85. The molecule has 0 aromatic heterocycles. The van der Waals surface area contributed by atoms with Gasteiger partial charge in [0, 0.05) is 30.9 Å². The number of piperidine rings is 1. The molecule has 0 bridgehead atoms. The van der Waals surface area contributed by atoms with Crippen LogP contribution in [0.5, 0.6) is 5.75 Å². The number of nitrogens with two attached hydrogens (primary N) is 1. The number of rotatable bonds is 2. The van der Waals surface area contributed by atoms with Crippen molar-refractivity contribution < 1.29 is 9.13 Å². The Bertz CT molecular complexity index is 362. The van der Waals surface area contributed by atoms with Gasteiger partial charge in [0.05, 0.1) is 7.11 Å². The van der Waals surface area contributed by atoms with Crippen LogP contribution < -0.4 is 15.4 Å². The molecule has 0 atom stereocenters. The minimum absolute atomic E-state index is 0.298. The van der Waals surface area contributed by atoms with Crippen LogP contribution in [0.3, 0.4) is 0 Å². The molecule has 2 rings (SSSR count). The number of benzene rings is 1. The molecule has 1 heterocycles. The first-order chi connectivity index (χ1) is 7.70. The molecule has 0 amide bonds. The number of hydrogen-bond acceptors (Lipinski definition) is 3. The highest BCUT2D eigenvalue weighted by atomic mass is 19.1. The smallest absolute Gasteiger partial charge is 0.165 e. The Labute approximate surface area is 95.0 Å². The van der Waals surface area contributed by atoms with Gasteiger partial charge >= 0.3 is 0 Å². The molecular formula is C12H17FN2O. The Kier molecular flexibility index (Phi) is 3.29. The second kappa shape index (κ2) is 4.70. The largest absolute Gasteiger partial charge is 0.494 e. The minimum atomic E-state index is -0.319. The van der Waals surface area contributed by atoms with Crippen LogP contribution in [0.2, 0.25) is 0 Å². The summed E-state index contributed by atoms with van der Waals surface area (Å²) >= 11 is 0. The number of halogens is 1. The minimum Gasteiger partial charge on any atom is -0.494 e. The van der Waals surface area contributed by atoms with Crippen molar-refractivity contribution in [2.45, 2.75) is 18.9 Å². The van der Waals surface area contributed by atoms with Crippen LogP contribution in [-0.2, 0) is 0 Å². The normalized spacial score (nSPS) is 17.6. The highest BCUT2D eigenvalue weighted by Gasteiger charge is 2.17. The van der Waals surface area contributed by atoms with Gasteiger partial charge in [0.15, 0.2) is 11.6 Å². The van der Waals surface area contributed by atoms with E-state index in [1.807, 2.05) is 0 Å². The first-order valence-corrected chi connectivity index (χ1v) is 5.55. The zero-order chi connectivity index (χ0) is 11.5. The van der Waals surface area contributed by atoms with E-state index in [1.165, 1.54) is 13.2 Å². The lowest BCUT2D eigenvalue weighted by atomic mass is 10.1. The van der Waals surface area contributed by atoms with Gasteiger partial charge in [0.2, 0.25) is 0 Å². The molecular weight excluding hydrogens is 207 g/mol. The number of nitrogens with zero attached hydrogens (tertiary/aromatic N) is 1. The molecule has 2 N–H and O–H groups in total. The molecule has 1 aromatic rings. The summed E-state index contributed by atoms with van der Waals surface area (Å²) in [7, 11) is 1.48. The van der Waals surface area contributed by atoms with E-state index in [9.17, 15) is 4.39 Å². The van der Waals surface area contributed by atoms with Crippen molar-refractivity contribution in [3.63, 3.8) is 0 Å². The van der Waals surface area contributed by atoms with Crippen LogP contribution in [0.4, 0.5) is 10.1 Å². The molecule has 1 aliphatic rings. The quantitative estimate of drug-likeness (QED) is 0.832. The van der Waals surface area contributed by atoms with E-state index in [4.69, 9.17) is 10.5 Å². The van der Waals surface area contributed by atoms with E-state index in [0.29, 0.717) is 11.8 Å². The topological polar surface area (TPSA) is 38.5 Å². The monoisotopic (exact) mass is 224 g/mol. The molecule has 1 aromatic carbocycles. The number of methoxy groups -OCH3 is 1. The maximum absolute atomic E-state index is 13.2. The molecule has 0 radical (unpaired) electrons. The molecule has 3 nitrogen and oxygen atoms in total. The average Bonchev–Trinajstić information content (AvgIpc) is 2.31. The third-order valence-corrected chi connectivity index (χ3v) is 3.04. The van der Waals surface area contributed by atoms with Crippen molar-refractivity contribution in [1.29, 1.82) is 0 Å². The lowest BCUT2D eigenvalue weighted by Gasteiger charge is -2.32. The molecule has 0 unspecified atom stereocenters. The summed E-state index contributed by atoms with van der Waals surface area (Å²) in [4.78, 5) is 2.21. The highest BCUT2D eigenvalue weighted by Crippen LogP contribution is 2.26. The predicted molar refractivity (Wildman–Crippen MR) is 62.4 cm³/mol. The fourth-order valence-electron chi connectivity index (χ4n) is 2.00. The lowest BCUT2D eigenvalue weighted by molar-refractivity contribution is 0.386. The highest BCUT2D eigenvalue weighted by molar-refractivity contribution is 5.51. The maximum atomic E-state index is 13.2. The van der Waals surface area contributed by atoms with Gasteiger partial charge in [0.1, 0.15) is 0 Å². The van der Waals surface area contributed by atoms with Crippen molar-refractivity contribution in [2.75, 3.05) is 25.1 Å². The number of ether oxygens (including phenoxy) is 1. The fraction of sp³-hybridized carbons (Fsp3) is 0.500. The summed E-state index contributed by atoms with van der Waals surface area (Å²) in [6.07, 6.45) is 1.97. The second-order valence-electron chi connectivity index (χ2n) is 4.14. The van der Waals surface area contributed by atoms with Crippen LogP contribution in [0.1, 0.15) is 12.8 Å². The van der Waals surface area contributed by atoms with Gasteiger partial charge in [-0.2, -0.15) is 0 Å². The van der Waals surface area contributed by atoms with Gasteiger partial charge in [0.25, 0.3) is 0 Å². The molecule has 4 heteroatoms. The Hall–Kier alpha value is -1.29. The second-order valence-corrected chi connectivity index (χ2v) is 4.14. The molecule has 0 spiro atoms. The van der Waals surface area contributed by atoms with Crippen molar-refractivity contribution in [2.24, 2.45) is 5.73 Å². The molecule has 0 aliphatic carbocycles.